The van der Waals surface area contributed by atoms with Crippen molar-refractivity contribution in [1.29, 1.82) is 0 Å². The molecule has 0 atom stereocenters. The third-order valence-electron chi connectivity index (χ3n) is 3.57. The molecule has 0 saturated carbocycles. The summed E-state index contributed by atoms with van der Waals surface area (Å²) in [5.41, 5.74) is 1.59. The molecule has 1 aliphatic rings. The zero-order chi connectivity index (χ0) is 18.5. The predicted octanol–water partition coefficient (Wildman–Crippen LogP) is 3.64. The Labute approximate surface area is 160 Å². The van der Waals surface area contributed by atoms with E-state index in [1.807, 2.05) is 42.5 Å². The number of thioether (sulfide) groups is 1. The molecule has 1 amide bonds. The zero-order valence-electron chi connectivity index (χ0n) is 13.9. The number of carbonyl (C=O) groups is 2. The van der Waals surface area contributed by atoms with Gasteiger partial charge < -0.3 is 9.47 Å². The second kappa shape index (κ2) is 8.16. The third-order valence-corrected chi connectivity index (χ3v) is 4.87. The number of rotatable bonds is 5. The van der Waals surface area contributed by atoms with Gasteiger partial charge in [0.1, 0.15) is 5.75 Å². The average Bonchev–Trinajstić information content (AvgIpc) is 2.94. The second-order valence-corrected chi connectivity index (χ2v) is 6.96. The zero-order valence-corrected chi connectivity index (χ0v) is 15.5. The molecule has 0 aliphatic carbocycles. The van der Waals surface area contributed by atoms with Crippen molar-refractivity contribution in [3.05, 3.63) is 65.1 Å². The Morgan fingerprint density at radius 2 is 1.85 bits per heavy atom. The summed E-state index contributed by atoms with van der Waals surface area (Å²) in [6.45, 7) is -0.147. The molecule has 2 aromatic carbocycles. The van der Waals surface area contributed by atoms with Gasteiger partial charge in [-0.1, -0.05) is 54.3 Å². The molecule has 0 aromatic heterocycles. The lowest BCUT2D eigenvalue weighted by atomic mass is 10.2. The summed E-state index contributed by atoms with van der Waals surface area (Å²) in [5, 5.41) is 0. The molecule has 1 heterocycles. The van der Waals surface area contributed by atoms with Crippen molar-refractivity contribution >= 4 is 51.9 Å². The molecule has 26 heavy (non-hydrogen) atoms. The minimum absolute atomic E-state index is 0.141. The Hall–Kier alpha value is -2.64. The fourth-order valence-electron chi connectivity index (χ4n) is 2.28. The first-order valence-electron chi connectivity index (χ1n) is 7.71. The van der Waals surface area contributed by atoms with E-state index in [1.165, 1.54) is 23.8 Å². The van der Waals surface area contributed by atoms with Crippen LogP contribution in [0.2, 0.25) is 0 Å². The maximum Gasteiger partial charge on any atom is 0.343 e. The first-order chi connectivity index (χ1) is 12.6. The number of benzene rings is 2. The van der Waals surface area contributed by atoms with E-state index in [0.717, 1.165) is 11.3 Å². The van der Waals surface area contributed by atoms with E-state index in [2.05, 4.69) is 4.74 Å². The monoisotopic (exact) mass is 385 g/mol. The lowest BCUT2D eigenvalue weighted by Gasteiger charge is -2.13. The van der Waals surface area contributed by atoms with E-state index in [0.29, 0.717) is 15.0 Å². The minimum atomic E-state index is -0.446. The molecular weight excluding hydrogens is 370 g/mol. The molecule has 0 N–H and O–H groups in total. The number of esters is 1. The first-order valence-corrected chi connectivity index (χ1v) is 8.93. The Kier molecular flexibility index (Phi) is 5.70. The number of carbonyl (C=O) groups excluding carboxylic acids is 2. The van der Waals surface area contributed by atoms with Crippen LogP contribution in [0, 0.1) is 0 Å². The molecule has 1 saturated heterocycles. The van der Waals surface area contributed by atoms with Gasteiger partial charge in [-0.15, -0.1) is 0 Å². The van der Waals surface area contributed by atoms with Crippen molar-refractivity contribution < 1.29 is 19.1 Å². The van der Waals surface area contributed by atoms with Crippen LogP contribution in [-0.4, -0.2) is 29.9 Å². The molecule has 7 heteroatoms. The van der Waals surface area contributed by atoms with Crippen LogP contribution in [0.3, 0.4) is 0 Å². The summed E-state index contributed by atoms with van der Waals surface area (Å²) < 4.78 is 10.3. The van der Waals surface area contributed by atoms with E-state index in [4.69, 9.17) is 17.0 Å². The molecule has 0 bridgehead atoms. The molecule has 0 spiro atoms. The molecule has 0 radical (unpaired) electrons. The van der Waals surface area contributed by atoms with Crippen LogP contribution >= 0.6 is 24.0 Å². The number of anilines is 1. The minimum Gasteiger partial charge on any atom is -0.482 e. The van der Waals surface area contributed by atoms with Gasteiger partial charge >= 0.3 is 5.97 Å². The van der Waals surface area contributed by atoms with E-state index in [9.17, 15) is 9.59 Å². The molecule has 1 fully saturated rings. The summed E-state index contributed by atoms with van der Waals surface area (Å²) >= 11 is 6.62. The number of hydrogen-bond donors (Lipinski definition) is 0. The summed E-state index contributed by atoms with van der Waals surface area (Å²) in [5.74, 6) is -0.0414. The first kappa shape index (κ1) is 18.2. The number of nitrogens with zero attached hydrogens (tertiary/aromatic N) is 1. The van der Waals surface area contributed by atoms with Crippen LogP contribution in [0.4, 0.5) is 5.69 Å². The molecule has 132 valence electrons. The molecule has 0 unspecified atom stereocenters. The maximum absolute atomic E-state index is 12.7. The van der Waals surface area contributed by atoms with Gasteiger partial charge in [0.2, 0.25) is 0 Å². The number of thiocarbonyl (C=S) groups is 1. The number of para-hydroxylation sites is 1. The van der Waals surface area contributed by atoms with E-state index < -0.39 is 5.97 Å². The van der Waals surface area contributed by atoms with Crippen LogP contribution in [0.1, 0.15) is 5.56 Å². The summed E-state index contributed by atoms with van der Waals surface area (Å²) in [7, 11) is 1.31. The van der Waals surface area contributed by atoms with Gasteiger partial charge in [0.05, 0.1) is 17.7 Å². The van der Waals surface area contributed by atoms with Crippen molar-refractivity contribution in [2.45, 2.75) is 0 Å². The van der Waals surface area contributed by atoms with Gasteiger partial charge in [0, 0.05) is 0 Å². The fourth-order valence-corrected chi connectivity index (χ4v) is 3.58. The van der Waals surface area contributed by atoms with Crippen LogP contribution in [0.15, 0.2) is 59.5 Å². The Balaban J connectivity index is 1.73. The normalized spacial score (nSPS) is 15.4. The van der Waals surface area contributed by atoms with Crippen LogP contribution < -0.4 is 9.64 Å². The molecule has 1 aliphatic heterocycles. The van der Waals surface area contributed by atoms with E-state index in [-0.39, 0.29) is 12.5 Å². The number of ether oxygens (including phenoxy) is 2. The van der Waals surface area contributed by atoms with Crippen molar-refractivity contribution in [3.63, 3.8) is 0 Å². The largest absolute Gasteiger partial charge is 0.482 e. The quantitative estimate of drug-likeness (QED) is 0.445. The van der Waals surface area contributed by atoms with Crippen molar-refractivity contribution in [2.24, 2.45) is 0 Å². The van der Waals surface area contributed by atoms with Crippen molar-refractivity contribution in [3.8, 4) is 5.75 Å². The van der Waals surface area contributed by atoms with Gasteiger partial charge in [-0.3, -0.25) is 9.69 Å². The fraction of sp³-hybridized carbons (Fsp3) is 0.105. The average molecular weight is 385 g/mol. The summed E-state index contributed by atoms with van der Waals surface area (Å²) in [6, 6.07) is 16.4. The Morgan fingerprint density at radius 1 is 1.15 bits per heavy atom. The second-order valence-electron chi connectivity index (χ2n) is 5.29. The maximum atomic E-state index is 12.7. The Bertz CT molecular complexity index is 863. The number of amides is 1. The SMILES string of the molecule is COC(=O)COc1ccc(/C=C2/SC(=S)N(c3ccccc3)C2=O)cc1. The molecular formula is C19H15NO4S2. The van der Waals surface area contributed by atoms with Gasteiger partial charge in [-0.25, -0.2) is 4.79 Å². The summed E-state index contributed by atoms with van der Waals surface area (Å²) in [6.07, 6.45) is 1.78. The van der Waals surface area contributed by atoms with Crippen LogP contribution in [0.25, 0.3) is 6.08 Å². The van der Waals surface area contributed by atoms with E-state index in [1.54, 1.807) is 18.2 Å². The lowest BCUT2D eigenvalue weighted by molar-refractivity contribution is -0.142. The van der Waals surface area contributed by atoms with Gasteiger partial charge in [0.15, 0.2) is 10.9 Å². The molecule has 3 rings (SSSR count). The molecule has 5 nitrogen and oxygen atoms in total. The van der Waals surface area contributed by atoms with Gasteiger partial charge in [0.25, 0.3) is 5.91 Å². The highest BCUT2D eigenvalue weighted by atomic mass is 32.2. The van der Waals surface area contributed by atoms with Crippen molar-refractivity contribution in [1.82, 2.24) is 0 Å². The van der Waals surface area contributed by atoms with Crippen molar-refractivity contribution in [2.75, 3.05) is 18.6 Å². The highest BCUT2D eigenvalue weighted by Gasteiger charge is 2.33. The smallest absolute Gasteiger partial charge is 0.343 e. The number of hydrogen-bond acceptors (Lipinski definition) is 6. The number of methoxy groups -OCH3 is 1. The van der Waals surface area contributed by atoms with Gasteiger partial charge in [-0.2, -0.15) is 0 Å². The predicted molar refractivity (Wildman–Crippen MR) is 106 cm³/mol. The third kappa shape index (κ3) is 4.12. The summed E-state index contributed by atoms with van der Waals surface area (Å²) in [4.78, 5) is 25.8. The van der Waals surface area contributed by atoms with Gasteiger partial charge in [-0.05, 0) is 35.9 Å². The standard InChI is InChI=1S/C19H15NO4S2/c1-23-17(21)12-24-15-9-7-13(8-10-15)11-16-18(22)20(19(25)26-16)14-5-3-2-4-6-14/h2-11H,12H2,1H3/b16-11+. The highest BCUT2D eigenvalue weighted by Crippen LogP contribution is 2.35. The highest BCUT2D eigenvalue weighted by molar-refractivity contribution is 8.27. The van der Waals surface area contributed by atoms with Crippen LogP contribution in [0.5, 0.6) is 5.75 Å². The Morgan fingerprint density at radius 3 is 2.50 bits per heavy atom. The van der Waals surface area contributed by atoms with E-state index >= 15 is 0 Å². The topological polar surface area (TPSA) is 55.8 Å². The van der Waals surface area contributed by atoms with Crippen LogP contribution in [-0.2, 0) is 14.3 Å². The molecule has 2 aromatic rings. The lowest BCUT2D eigenvalue weighted by Crippen LogP contribution is -2.27.